The Bertz CT molecular complexity index is 1370. The molecule has 0 aromatic heterocycles. The summed E-state index contributed by atoms with van der Waals surface area (Å²) in [6.45, 7) is 5.04. The van der Waals surface area contributed by atoms with Crippen molar-refractivity contribution in [3.05, 3.63) is 82.4 Å². The van der Waals surface area contributed by atoms with E-state index in [-0.39, 0.29) is 24.5 Å². The minimum Gasteiger partial charge on any atom is -0.493 e. The topological polar surface area (TPSA) is 45.3 Å². The van der Waals surface area contributed by atoms with Gasteiger partial charge in [0.25, 0.3) is 0 Å². The third-order valence-electron chi connectivity index (χ3n) is 8.78. The van der Waals surface area contributed by atoms with Gasteiger partial charge in [0.05, 0.1) is 25.7 Å². The molecule has 3 aromatic carbocycles. The van der Waals surface area contributed by atoms with Crippen LogP contribution < -0.4 is 19.3 Å². The minimum absolute atomic E-state index is 0.0141. The lowest BCUT2D eigenvalue weighted by molar-refractivity contribution is -0.118. The van der Waals surface area contributed by atoms with Gasteiger partial charge in [-0.1, -0.05) is 23.7 Å². The molecule has 6 nitrogen and oxygen atoms in total. The van der Waals surface area contributed by atoms with Crippen LogP contribution >= 0.6 is 11.6 Å². The summed E-state index contributed by atoms with van der Waals surface area (Å²) >= 11 is 6.27. The largest absolute Gasteiger partial charge is 0.493 e. The molecule has 0 radical (unpaired) electrons. The summed E-state index contributed by atoms with van der Waals surface area (Å²) in [6.07, 6.45) is 5.34. The second kappa shape index (κ2) is 13.0. The normalized spacial score (nSPS) is 20.5. The van der Waals surface area contributed by atoms with E-state index in [1.807, 2.05) is 55.1 Å². The lowest BCUT2D eigenvalue weighted by Crippen LogP contribution is -2.41. The number of nitrogens with zero attached hydrogens (tertiary/aromatic N) is 3. The molecule has 1 fully saturated rings. The summed E-state index contributed by atoms with van der Waals surface area (Å²) in [7, 11) is 8.19. The monoisotopic (exact) mass is 589 g/mol. The van der Waals surface area contributed by atoms with Gasteiger partial charge in [-0.25, -0.2) is 0 Å². The average molecular weight is 590 g/mol. The zero-order chi connectivity index (χ0) is 30.0. The Morgan fingerprint density at radius 2 is 1.60 bits per heavy atom. The highest BCUT2D eigenvalue weighted by atomic mass is 35.5. The number of methoxy groups -OCH3 is 1. The molecule has 1 amide bonds. The summed E-state index contributed by atoms with van der Waals surface area (Å²) < 4.78 is 11.8. The van der Waals surface area contributed by atoms with Gasteiger partial charge in [0, 0.05) is 36.0 Å². The van der Waals surface area contributed by atoms with Crippen LogP contribution in [0.4, 0.5) is 11.4 Å². The maximum atomic E-state index is 13.8. The molecule has 1 atom stereocenters. The number of ether oxygens (including phenoxy) is 2. The Morgan fingerprint density at radius 1 is 0.929 bits per heavy atom. The van der Waals surface area contributed by atoms with Crippen LogP contribution in [0.1, 0.15) is 62.3 Å². The van der Waals surface area contributed by atoms with E-state index >= 15 is 0 Å². The molecule has 0 N–H and O–H groups in total. The van der Waals surface area contributed by atoms with E-state index in [1.54, 1.807) is 7.11 Å². The van der Waals surface area contributed by atoms with Gasteiger partial charge in [-0.15, -0.1) is 0 Å². The van der Waals surface area contributed by atoms with E-state index in [9.17, 15) is 4.79 Å². The fourth-order valence-electron chi connectivity index (χ4n) is 6.53. The minimum atomic E-state index is -0.325. The molecular weight excluding hydrogens is 546 g/mol. The Kier molecular flexibility index (Phi) is 9.34. The van der Waals surface area contributed by atoms with E-state index in [4.69, 9.17) is 21.1 Å². The van der Waals surface area contributed by atoms with E-state index in [0.29, 0.717) is 28.5 Å². The maximum absolute atomic E-state index is 13.8. The SMILES string of the molecule is COc1cc2c(cc1OC(C)C)[C@H](c1ccc(Cl)cc1)N(c1ccc(N(C)CC3CCC(N(C)C)CC3)cc1)C(=O)C2. The fourth-order valence-corrected chi connectivity index (χ4v) is 6.66. The summed E-state index contributed by atoms with van der Waals surface area (Å²) in [4.78, 5) is 20.5. The maximum Gasteiger partial charge on any atom is 0.232 e. The first-order valence-corrected chi connectivity index (χ1v) is 15.4. The van der Waals surface area contributed by atoms with Crippen LogP contribution in [0.25, 0.3) is 0 Å². The molecule has 0 unspecified atom stereocenters. The number of hydrogen-bond donors (Lipinski definition) is 0. The fraction of sp³-hybridized carbons (Fsp3) is 0.457. The van der Waals surface area contributed by atoms with Crippen molar-refractivity contribution in [3.63, 3.8) is 0 Å². The van der Waals surface area contributed by atoms with Crippen molar-refractivity contribution in [2.24, 2.45) is 5.92 Å². The molecule has 3 aromatic rings. The first-order chi connectivity index (χ1) is 20.1. The first kappa shape index (κ1) is 30.2. The molecule has 1 aliphatic heterocycles. The number of benzene rings is 3. The van der Waals surface area contributed by atoms with Gasteiger partial charge in [0.1, 0.15) is 0 Å². The molecule has 0 spiro atoms. The molecule has 5 rings (SSSR count). The van der Waals surface area contributed by atoms with E-state index < -0.39 is 0 Å². The summed E-state index contributed by atoms with van der Waals surface area (Å²) in [5, 5.41) is 0.661. The number of fused-ring (bicyclic) bond motifs is 1. The lowest BCUT2D eigenvalue weighted by Gasteiger charge is -2.38. The van der Waals surface area contributed by atoms with Crippen LogP contribution in [0.2, 0.25) is 5.02 Å². The standard InChI is InChI=1S/C35H44ClN3O3/c1-23(2)42-33-21-31-26(19-32(33)41-6)20-34(40)39(35(31)25-9-11-27(36)12-10-25)30-17-15-29(16-18-30)38(5)22-24-7-13-28(14-8-24)37(3)4/h9-12,15-19,21,23-24,28,35H,7-8,13-14,20,22H2,1-6H3/t24?,28?,35-/m0/s1. The molecular formula is C35H44ClN3O3. The van der Waals surface area contributed by atoms with Gasteiger partial charge in [0.2, 0.25) is 5.91 Å². The van der Waals surface area contributed by atoms with E-state index in [1.165, 1.54) is 31.4 Å². The third-order valence-corrected chi connectivity index (χ3v) is 9.04. The number of amides is 1. The Labute approximate surface area is 256 Å². The second-order valence-corrected chi connectivity index (χ2v) is 12.7. The van der Waals surface area contributed by atoms with Crippen LogP contribution in [0.15, 0.2) is 60.7 Å². The van der Waals surface area contributed by atoms with Gasteiger partial charge in [-0.05, 0) is 125 Å². The summed E-state index contributed by atoms with van der Waals surface area (Å²) in [5.41, 5.74) is 5.01. The molecule has 0 bridgehead atoms. The number of rotatable bonds is 9. The smallest absolute Gasteiger partial charge is 0.232 e. The number of carbonyl (C=O) groups is 1. The van der Waals surface area contributed by atoms with Gasteiger partial charge in [-0.2, -0.15) is 0 Å². The number of carbonyl (C=O) groups excluding carboxylic acids is 1. The van der Waals surface area contributed by atoms with Crippen LogP contribution in [0.3, 0.4) is 0 Å². The highest BCUT2D eigenvalue weighted by molar-refractivity contribution is 6.30. The molecule has 224 valence electrons. The predicted molar refractivity (Wildman–Crippen MR) is 172 cm³/mol. The average Bonchev–Trinajstić information content (AvgIpc) is 2.97. The second-order valence-electron chi connectivity index (χ2n) is 12.3. The first-order valence-electron chi connectivity index (χ1n) is 15.1. The van der Waals surface area contributed by atoms with Crippen LogP contribution in [0, 0.1) is 5.92 Å². The number of hydrogen-bond acceptors (Lipinski definition) is 5. The molecule has 7 heteroatoms. The zero-order valence-electron chi connectivity index (χ0n) is 25.8. The van der Waals surface area contributed by atoms with Crippen molar-refractivity contribution in [1.82, 2.24) is 4.90 Å². The Morgan fingerprint density at radius 3 is 2.19 bits per heavy atom. The Balaban J connectivity index is 1.44. The summed E-state index contributed by atoms with van der Waals surface area (Å²) in [5.74, 6) is 2.07. The van der Waals surface area contributed by atoms with Gasteiger partial charge in [0.15, 0.2) is 11.5 Å². The van der Waals surface area contributed by atoms with Crippen molar-refractivity contribution < 1.29 is 14.3 Å². The van der Waals surface area contributed by atoms with Crippen LogP contribution in [-0.2, 0) is 11.2 Å². The van der Waals surface area contributed by atoms with Crippen LogP contribution in [0.5, 0.6) is 11.5 Å². The van der Waals surface area contributed by atoms with E-state index in [0.717, 1.165) is 28.9 Å². The number of halogens is 1. The summed E-state index contributed by atoms with van der Waals surface area (Å²) in [6, 6.07) is 20.6. The highest BCUT2D eigenvalue weighted by Gasteiger charge is 2.36. The zero-order valence-corrected chi connectivity index (χ0v) is 26.5. The van der Waals surface area contributed by atoms with Crippen molar-refractivity contribution in [3.8, 4) is 11.5 Å². The molecule has 1 aliphatic carbocycles. The van der Waals surface area contributed by atoms with Gasteiger partial charge < -0.3 is 24.2 Å². The lowest BCUT2D eigenvalue weighted by atomic mass is 9.85. The van der Waals surface area contributed by atoms with Crippen molar-refractivity contribution in [1.29, 1.82) is 0 Å². The highest BCUT2D eigenvalue weighted by Crippen LogP contribution is 2.44. The number of anilines is 2. The van der Waals surface area contributed by atoms with Crippen molar-refractivity contribution >= 4 is 28.9 Å². The van der Waals surface area contributed by atoms with Crippen LogP contribution in [-0.4, -0.2) is 57.8 Å². The molecule has 1 saturated carbocycles. The third kappa shape index (κ3) is 6.55. The molecule has 0 saturated heterocycles. The van der Waals surface area contributed by atoms with Crippen molar-refractivity contribution in [2.45, 2.75) is 64.1 Å². The molecule has 1 heterocycles. The molecule has 2 aliphatic rings. The molecule has 42 heavy (non-hydrogen) atoms. The van der Waals surface area contributed by atoms with Crippen molar-refractivity contribution in [2.75, 3.05) is 44.6 Å². The predicted octanol–water partition coefficient (Wildman–Crippen LogP) is 7.37. The van der Waals surface area contributed by atoms with Gasteiger partial charge in [-0.3, -0.25) is 4.79 Å². The van der Waals surface area contributed by atoms with E-state index in [2.05, 4.69) is 55.2 Å². The Hall–Kier alpha value is -3.22. The quantitative estimate of drug-likeness (QED) is 0.261. The van der Waals surface area contributed by atoms with Gasteiger partial charge >= 0.3 is 0 Å².